The fraction of sp³-hybridized carbons (Fsp3) is 0.368. The van der Waals surface area contributed by atoms with Crippen LogP contribution in [0.4, 0.5) is 17.6 Å². The van der Waals surface area contributed by atoms with Gasteiger partial charge in [0.1, 0.15) is 28.9 Å². The molecule has 29 heavy (non-hydrogen) atoms. The quantitative estimate of drug-likeness (QED) is 0.708. The second-order valence-electron chi connectivity index (χ2n) is 6.71. The van der Waals surface area contributed by atoms with Gasteiger partial charge in [-0.2, -0.15) is 0 Å². The Kier molecular flexibility index (Phi) is 5.81. The third-order valence-corrected chi connectivity index (χ3v) is 4.19. The van der Waals surface area contributed by atoms with Gasteiger partial charge in [0.15, 0.2) is 0 Å². The van der Waals surface area contributed by atoms with Crippen molar-refractivity contribution in [3.63, 3.8) is 0 Å². The average molecular weight is 411 g/mol. The SMILES string of the molecule is Cc1cc(C(=O)NCc2cc(OC(F)(F)F)ccc2F)nc(CC(=O)C2CC2)n1. The first kappa shape index (κ1) is 20.7. The van der Waals surface area contributed by atoms with Crippen LogP contribution in [0.25, 0.3) is 0 Å². The number of benzene rings is 1. The number of ketones is 1. The number of Topliss-reactive ketones (excluding diaryl/α,β-unsaturated/α-hetero) is 1. The van der Waals surface area contributed by atoms with E-state index in [4.69, 9.17) is 0 Å². The average Bonchev–Trinajstić information content (AvgIpc) is 3.45. The number of carbonyl (C=O) groups is 2. The minimum Gasteiger partial charge on any atom is -0.406 e. The zero-order valence-corrected chi connectivity index (χ0v) is 15.3. The number of hydrogen-bond acceptors (Lipinski definition) is 5. The van der Waals surface area contributed by atoms with Crippen molar-refractivity contribution >= 4 is 11.7 Å². The molecule has 0 unspecified atom stereocenters. The van der Waals surface area contributed by atoms with E-state index in [-0.39, 0.29) is 41.7 Å². The predicted molar refractivity (Wildman–Crippen MR) is 92.5 cm³/mol. The molecule has 1 N–H and O–H groups in total. The van der Waals surface area contributed by atoms with E-state index in [2.05, 4.69) is 20.0 Å². The fourth-order valence-electron chi connectivity index (χ4n) is 2.68. The summed E-state index contributed by atoms with van der Waals surface area (Å²) < 4.78 is 54.5. The molecule has 0 radical (unpaired) electrons. The molecule has 2 aromatic rings. The maximum atomic E-state index is 13.9. The van der Waals surface area contributed by atoms with Crippen molar-refractivity contribution in [3.8, 4) is 5.75 Å². The number of nitrogens with zero attached hydrogens (tertiary/aromatic N) is 2. The van der Waals surface area contributed by atoms with E-state index in [1.807, 2.05) is 0 Å². The van der Waals surface area contributed by atoms with Crippen LogP contribution in [0.2, 0.25) is 0 Å². The van der Waals surface area contributed by atoms with E-state index in [9.17, 15) is 27.2 Å². The van der Waals surface area contributed by atoms with Crippen LogP contribution in [0, 0.1) is 18.7 Å². The van der Waals surface area contributed by atoms with Crippen LogP contribution in [-0.2, 0) is 17.8 Å². The topological polar surface area (TPSA) is 81.2 Å². The summed E-state index contributed by atoms with van der Waals surface area (Å²) in [5.41, 5.74) is 0.282. The third-order valence-electron chi connectivity index (χ3n) is 4.19. The number of aryl methyl sites for hydroxylation is 1. The summed E-state index contributed by atoms with van der Waals surface area (Å²) in [7, 11) is 0. The summed E-state index contributed by atoms with van der Waals surface area (Å²) in [5, 5.41) is 2.40. The molecule has 3 rings (SSSR count). The Hall–Kier alpha value is -3.04. The normalized spacial score (nSPS) is 13.8. The van der Waals surface area contributed by atoms with E-state index >= 15 is 0 Å². The van der Waals surface area contributed by atoms with Crippen molar-refractivity contribution in [2.24, 2.45) is 5.92 Å². The van der Waals surface area contributed by atoms with Gasteiger partial charge in [-0.1, -0.05) is 0 Å². The number of aromatic nitrogens is 2. The number of hydrogen-bond donors (Lipinski definition) is 1. The number of ether oxygens (including phenoxy) is 1. The van der Waals surface area contributed by atoms with Gasteiger partial charge < -0.3 is 10.1 Å². The van der Waals surface area contributed by atoms with Gasteiger partial charge in [-0.05, 0) is 44.0 Å². The number of rotatable bonds is 7. The second kappa shape index (κ2) is 8.14. The molecule has 154 valence electrons. The van der Waals surface area contributed by atoms with Gasteiger partial charge in [-0.15, -0.1) is 13.2 Å². The van der Waals surface area contributed by atoms with Crippen molar-refractivity contribution in [3.05, 3.63) is 52.9 Å². The van der Waals surface area contributed by atoms with Crippen LogP contribution in [-0.4, -0.2) is 28.0 Å². The molecule has 10 heteroatoms. The van der Waals surface area contributed by atoms with Gasteiger partial charge in [0, 0.05) is 23.7 Å². The summed E-state index contributed by atoms with van der Waals surface area (Å²) in [6, 6.07) is 3.91. The fourth-order valence-corrected chi connectivity index (χ4v) is 2.68. The highest BCUT2D eigenvalue weighted by Gasteiger charge is 2.31. The lowest BCUT2D eigenvalue weighted by molar-refractivity contribution is -0.274. The summed E-state index contributed by atoms with van der Waals surface area (Å²) >= 11 is 0. The van der Waals surface area contributed by atoms with Crippen molar-refractivity contribution in [1.29, 1.82) is 0 Å². The van der Waals surface area contributed by atoms with Gasteiger partial charge in [-0.3, -0.25) is 9.59 Å². The Morgan fingerprint density at radius 1 is 1.21 bits per heavy atom. The van der Waals surface area contributed by atoms with Gasteiger partial charge in [0.2, 0.25) is 0 Å². The van der Waals surface area contributed by atoms with Gasteiger partial charge >= 0.3 is 6.36 Å². The molecule has 0 saturated heterocycles. The Balaban J connectivity index is 1.68. The standard InChI is InChI=1S/C19H17F4N3O3/c1-10-6-15(26-17(25-10)8-16(27)11-2-3-11)18(28)24-9-12-7-13(4-5-14(12)20)29-19(21,22)23/h4-7,11H,2-3,8-9H2,1H3,(H,24,28). The molecule has 1 fully saturated rings. The molecular weight excluding hydrogens is 394 g/mol. The van der Waals surface area contributed by atoms with Crippen molar-refractivity contribution in [2.75, 3.05) is 0 Å². The molecule has 0 bridgehead atoms. The lowest BCUT2D eigenvalue weighted by atomic mass is 10.1. The number of amides is 1. The van der Waals surface area contributed by atoms with Crippen LogP contribution in [0.3, 0.4) is 0 Å². The molecule has 1 aliphatic rings. The van der Waals surface area contributed by atoms with Crippen molar-refractivity contribution in [2.45, 2.75) is 39.1 Å². The summed E-state index contributed by atoms with van der Waals surface area (Å²) in [4.78, 5) is 32.5. The molecule has 1 heterocycles. The highest BCUT2D eigenvalue weighted by Crippen LogP contribution is 2.30. The van der Waals surface area contributed by atoms with E-state index in [1.54, 1.807) is 6.92 Å². The Morgan fingerprint density at radius 3 is 2.59 bits per heavy atom. The van der Waals surface area contributed by atoms with Crippen LogP contribution in [0.1, 0.15) is 40.4 Å². The highest BCUT2D eigenvalue weighted by atomic mass is 19.4. The minimum absolute atomic E-state index is 0.0146. The maximum absolute atomic E-state index is 13.9. The van der Waals surface area contributed by atoms with E-state index in [1.165, 1.54) is 6.07 Å². The number of nitrogens with one attached hydrogen (secondary N) is 1. The highest BCUT2D eigenvalue weighted by molar-refractivity contribution is 5.92. The number of carbonyl (C=O) groups excluding carboxylic acids is 2. The monoisotopic (exact) mass is 411 g/mol. The second-order valence-corrected chi connectivity index (χ2v) is 6.71. The zero-order chi connectivity index (χ0) is 21.2. The summed E-state index contributed by atoms with van der Waals surface area (Å²) in [6.07, 6.45) is -3.19. The lowest BCUT2D eigenvalue weighted by Crippen LogP contribution is -2.25. The third kappa shape index (κ3) is 5.97. The van der Waals surface area contributed by atoms with E-state index in [0.29, 0.717) is 5.69 Å². The molecule has 0 atom stereocenters. The zero-order valence-electron chi connectivity index (χ0n) is 15.3. The molecule has 1 aromatic carbocycles. The Morgan fingerprint density at radius 2 is 1.93 bits per heavy atom. The molecule has 1 amide bonds. The van der Waals surface area contributed by atoms with Gasteiger partial charge in [0.05, 0.1) is 6.42 Å². The Labute approximate surface area is 163 Å². The van der Waals surface area contributed by atoms with Crippen LogP contribution < -0.4 is 10.1 Å². The van der Waals surface area contributed by atoms with Crippen LogP contribution in [0.15, 0.2) is 24.3 Å². The number of halogens is 4. The number of alkyl halides is 3. The molecule has 1 aliphatic carbocycles. The van der Waals surface area contributed by atoms with Crippen molar-refractivity contribution in [1.82, 2.24) is 15.3 Å². The van der Waals surface area contributed by atoms with Crippen LogP contribution in [0.5, 0.6) is 5.75 Å². The first-order valence-corrected chi connectivity index (χ1v) is 8.80. The minimum atomic E-state index is -4.91. The molecular formula is C19H17F4N3O3. The Bertz CT molecular complexity index is 943. The maximum Gasteiger partial charge on any atom is 0.573 e. The molecule has 6 nitrogen and oxygen atoms in total. The molecule has 0 spiro atoms. The largest absolute Gasteiger partial charge is 0.573 e. The lowest BCUT2D eigenvalue weighted by Gasteiger charge is -2.11. The first-order chi connectivity index (χ1) is 13.6. The first-order valence-electron chi connectivity index (χ1n) is 8.80. The smallest absolute Gasteiger partial charge is 0.406 e. The van der Waals surface area contributed by atoms with Crippen LogP contribution >= 0.6 is 0 Å². The van der Waals surface area contributed by atoms with E-state index < -0.39 is 23.8 Å². The molecule has 1 saturated carbocycles. The van der Waals surface area contributed by atoms with E-state index in [0.717, 1.165) is 31.0 Å². The molecule has 0 aliphatic heterocycles. The van der Waals surface area contributed by atoms with Gasteiger partial charge in [0.25, 0.3) is 5.91 Å². The summed E-state index contributed by atoms with van der Waals surface area (Å²) in [6.45, 7) is 1.26. The summed E-state index contributed by atoms with van der Waals surface area (Å²) in [5.74, 6) is -1.79. The molecule has 1 aromatic heterocycles. The predicted octanol–water partition coefficient (Wildman–Crippen LogP) is 3.27. The van der Waals surface area contributed by atoms with Gasteiger partial charge in [-0.25, -0.2) is 14.4 Å². The van der Waals surface area contributed by atoms with Crippen molar-refractivity contribution < 1.29 is 31.9 Å².